The third-order valence-corrected chi connectivity index (χ3v) is 6.32. The predicted octanol–water partition coefficient (Wildman–Crippen LogP) is 4.16. The summed E-state index contributed by atoms with van der Waals surface area (Å²) in [6.07, 6.45) is 0. The first-order valence-electron chi connectivity index (χ1n) is 9.56. The van der Waals surface area contributed by atoms with Crippen molar-refractivity contribution in [3.8, 4) is 28.7 Å². The number of ether oxygens (including phenoxy) is 3. The maximum absolute atomic E-state index is 12.7. The molecule has 0 radical (unpaired) electrons. The van der Waals surface area contributed by atoms with Crippen LogP contribution in [-0.4, -0.2) is 47.6 Å². The smallest absolute Gasteiger partial charge is 0.257 e. The van der Waals surface area contributed by atoms with Crippen molar-refractivity contribution in [1.29, 1.82) is 0 Å². The van der Waals surface area contributed by atoms with Gasteiger partial charge in [0.1, 0.15) is 0 Å². The first kappa shape index (κ1) is 22.6. The average Bonchev–Trinajstić information content (AvgIpc) is 3.51. The Morgan fingerprint density at radius 3 is 2.39 bits per heavy atom. The van der Waals surface area contributed by atoms with Gasteiger partial charge in [-0.1, -0.05) is 41.3 Å². The van der Waals surface area contributed by atoms with Crippen molar-refractivity contribution >= 4 is 34.1 Å². The van der Waals surface area contributed by atoms with E-state index in [9.17, 15) is 4.79 Å². The van der Waals surface area contributed by atoms with Crippen LogP contribution in [0.25, 0.3) is 11.5 Å². The van der Waals surface area contributed by atoms with Crippen molar-refractivity contribution in [2.75, 3.05) is 26.6 Å². The summed E-state index contributed by atoms with van der Waals surface area (Å²) in [5, 5.41) is 19.3. The van der Waals surface area contributed by atoms with Crippen LogP contribution in [0.15, 0.2) is 51.2 Å². The summed E-state index contributed by atoms with van der Waals surface area (Å²) in [5.74, 6) is 2.14. The van der Waals surface area contributed by atoms with Gasteiger partial charge in [0.2, 0.25) is 22.7 Å². The fraction of sp³-hybridized carbons (Fsp3) is 0.190. The molecule has 0 spiro atoms. The largest absolute Gasteiger partial charge is 0.493 e. The summed E-state index contributed by atoms with van der Waals surface area (Å²) in [7, 11) is 4.47. The fourth-order valence-electron chi connectivity index (χ4n) is 2.83. The number of nitrogens with zero attached hydrogens (tertiary/aromatic N) is 4. The molecule has 0 atom stereocenters. The van der Waals surface area contributed by atoms with Crippen LogP contribution in [0.3, 0.4) is 0 Å². The second kappa shape index (κ2) is 10.3. The molecule has 2 aromatic carbocycles. The van der Waals surface area contributed by atoms with E-state index in [0.717, 1.165) is 5.56 Å². The Bertz CT molecular complexity index is 1220. The molecule has 0 saturated carbocycles. The monoisotopic (exact) mass is 485 g/mol. The van der Waals surface area contributed by atoms with E-state index in [0.29, 0.717) is 49.8 Å². The Morgan fingerprint density at radius 2 is 1.73 bits per heavy atom. The Labute approximate surface area is 197 Å². The topological polar surface area (TPSA) is 121 Å². The Kier molecular flexibility index (Phi) is 7.05. The number of rotatable bonds is 9. The molecule has 0 fully saturated rings. The molecule has 12 heteroatoms. The van der Waals surface area contributed by atoms with Gasteiger partial charge in [-0.3, -0.25) is 10.1 Å². The van der Waals surface area contributed by atoms with E-state index in [1.807, 2.05) is 30.3 Å². The van der Waals surface area contributed by atoms with Gasteiger partial charge in [0.25, 0.3) is 5.91 Å². The van der Waals surface area contributed by atoms with E-state index in [-0.39, 0.29) is 5.91 Å². The van der Waals surface area contributed by atoms with E-state index >= 15 is 0 Å². The molecular weight excluding hydrogens is 466 g/mol. The SMILES string of the molecule is COc1cc(C(=O)Nc2nnc(SCc3nnc(-c4ccccc4)o3)s2)cc(OC)c1OC. The molecule has 1 amide bonds. The zero-order chi connectivity index (χ0) is 23.2. The lowest BCUT2D eigenvalue weighted by atomic mass is 10.1. The number of carbonyl (C=O) groups excluding carboxylic acids is 1. The van der Waals surface area contributed by atoms with Crippen LogP contribution in [0.1, 0.15) is 16.2 Å². The number of methoxy groups -OCH3 is 3. The molecule has 0 aliphatic carbocycles. The van der Waals surface area contributed by atoms with E-state index in [1.54, 1.807) is 12.1 Å². The van der Waals surface area contributed by atoms with Crippen LogP contribution in [0.5, 0.6) is 17.2 Å². The lowest BCUT2D eigenvalue weighted by molar-refractivity contribution is 0.102. The molecule has 4 aromatic rings. The predicted molar refractivity (Wildman–Crippen MR) is 123 cm³/mol. The molecule has 0 unspecified atom stereocenters. The van der Waals surface area contributed by atoms with Gasteiger partial charge < -0.3 is 18.6 Å². The van der Waals surface area contributed by atoms with Gasteiger partial charge in [0, 0.05) is 11.1 Å². The summed E-state index contributed by atoms with van der Waals surface area (Å²) >= 11 is 2.62. The normalized spacial score (nSPS) is 10.6. The fourth-order valence-corrected chi connectivity index (χ4v) is 4.42. The Balaban J connectivity index is 1.39. The summed E-state index contributed by atoms with van der Waals surface area (Å²) < 4.78 is 22.2. The van der Waals surface area contributed by atoms with Crippen LogP contribution >= 0.6 is 23.1 Å². The van der Waals surface area contributed by atoms with Crippen molar-refractivity contribution in [2.24, 2.45) is 0 Å². The summed E-state index contributed by atoms with van der Waals surface area (Å²) in [4.78, 5) is 12.7. The maximum atomic E-state index is 12.7. The standard InChI is InChI=1S/C21H19N5O5S2/c1-28-14-9-13(10-15(29-2)17(14)30-3)18(27)22-20-25-26-21(33-20)32-11-16-23-24-19(31-16)12-7-5-4-6-8-12/h4-10H,11H2,1-3H3,(H,22,25,27). The quantitative estimate of drug-likeness (QED) is 0.273. The molecule has 0 bridgehead atoms. The van der Waals surface area contributed by atoms with Crippen LogP contribution in [0.2, 0.25) is 0 Å². The number of hydrogen-bond donors (Lipinski definition) is 1. The molecule has 10 nitrogen and oxygen atoms in total. The summed E-state index contributed by atoms with van der Waals surface area (Å²) in [6.45, 7) is 0. The number of amides is 1. The van der Waals surface area contributed by atoms with Gasteiger partial charge in [-0.05, 0) is 24.3 Å². The second-order valence-electron chi connectivity index (χ2n) is 6.40. The number of hydrogen-bond acceptors (Lipinski definition) is 11. The van der Waals surface area contributed by atoms with Crippen molar-refractivity contribution in [3.63, 3.8) is 0 Å². The molecular formula is C21H19N5O5S2. The third-order valence-electron chi connectivity index (χ3n) is 4.36. The van der Waals surface area contributed by atoms with Crippen molar-refractivity contribution < 1.29 is 23.4 Å². The van der Waals surface area contributed by atoms with Crippen LogP contribution in [0, 0.1) is 0 Å². The van der Waals surface area contributed by atoms with E-state index in [2.05, 4.69) is 25.7 Å². The van der Waals surface area contributed by atoms with Crippen molar-refractivity contribution in [2.45, 2.75) is 10.1 Å². The van der Waals surface area contributed by atoms with Crippen molar-refractivity contribution in [1.82, 2.24) is 20.4 Å². The first-order valence-corrected chi connectivity index (χ1v) is 11.4. The lowest BCUT2D eigenvalue weighted by Crippen LogP contribution is -2.12. The van der Waals surface area contributed by atoms with Crippen LogP contribution in [0.4, 0.5) is 5.13 Å². The second-order valence-corrected chi connectivity index (χ2v) is 8.60. The molecule has 0 aliphatic rings. The minimum atomic E-state index is -0.383. The molecule has 2 heterocycles. The Morgan fingerprint density at radius 1 is 1.00 bits per heavy atom. The highest BCUT2D eigenvalue weighted by Crippen LogP contribution is 2.38. The zero-order valence-electron chi connectivity index (χ0n) is 17.9. The van der Waals surface area contributed by atoms with Gasteiger partial charge >= 0.3 is 0 Å². The highest BCUT2D eigenvalue weighted by Gasteiger charge is 2.18. The first-order chi connectivity index (χ1) is 16.1. The average molecular weight is 486 g/mol. The maximum Gasteiger partial charge on any atom is 0.257 e. The van der Waals surface area contributed by atoms with E-state index in [4.69, 9.17) is 18.6 Å². The highest BCUT2D eigenvalue weighted by atomic mass is 32.2. The lowest BCUT2D eigenvalue weighted by Gasteiger charge is -2.13. The number of thioether (sulfide) groups is 1. The number of aromatic nitrogens is 4. The molecule has 2 aromatic heterocycles. The molecule has 0 aliphatic heterocycles. The van der Waals surface area contributed by atoms with Gasteiger partial charge in [-0.15, -0.1) is 20.4 Å². The van der Waals surface area contributed by atoms with E-state index in [1.165, 1.54) is 44.4 Å². The highest BCUT2D eigenvalue weighted by molar-refractivity contribution is 8.00. The number of benzene rings is 2. The van der Waals surface area contributed by atoms with Gasteiger partial charge in [0.05, 0.1) is 27.1 Å². The molecule has 0 saturated heterocycles. The number of carbonyl (C=O) groups is 1. The Hall–Kier alpha value is -3.64. The zero-order valence-corrected chi connectivity index (χ0v) is 19.5. The minimum Gasteiger partial charge on any atom is -0.493 e. The molecule has 4 rings (SSSR count). The van der Waals surface area contributed by atoms with Gasteiger partial charge in [-0.2, -0.15) is 0 Å². The molecule has 1 N–H and O–H groups in total. The minimum absolute atomic E-state index is 0.327. The summed E-state index contributed by atoms with van der Waals surface area (Å²) in [5.41, 5.74) is 1.18. The van der Waals surface area contributed by atoms with Crippen LogP contribution < -0.4 is 19.5 Å². The van der Waals surface area contributed by atoms with Crippen LogP contribution in [-0.2, 0) is 5.75 Å². The number of anilines is 1. The molecule has 33 heavy (non-hydrogen) atoms. The van der Waals surface area contributed by atoms with Gasteiger partial charge in [-0.25, -0.2) is 0 Å². The summed E-state index contributed by atoms with van der Waals surface area (Å²) in [6, 6.07) is 12.7. The van der Waals surface area contributed by atoms with Gasteiger partial charge in [0.15, 0.2) is 15.8 Å². The third kappa shape index (κ3) is 5.23. The van der Waals surface area contributed by atoms with Crippen molar-refractivity contribution in [3.05, 3.63) is 53.9 Å². The van der Waals surface area contributed by atoms with E-state index < -0.39 is 0 Å². The number of nitrogens with one attached hydrogen (secondary N) is 1. The molecule has 170 valence electrons.